The standard InChI is InChI=1S/C24H23N7O2/c1-25-24(32)18-6-8-27-22-15(3-2-4-17(18)22)5-7-26-21-12-19(30-14-31-21)16-11-20-23(29-13-16)28-9-10-33-20/h2-4,6,8,11-14H,5,7,9-10H2,1H3,(H,25,32)(H,28,29)(H,26,30,31). The van der Waals surface area contributed by atoms with Crippen molar-refractivity contribution in [3.05, 3.63) is 66.2 Å². The van der Waals surface area contributed by atoms with Crippen LogP contribution in [0.2, 0.25) is 0 Å². The quantitative estimate of drug-likeness (QED) is 0.419. The first-order valence-corrected chi connectivity index (χ1v) is 10.7. The summed E-state index contributed by atoms with van der Waals surface area (Å²) < 4.78 is 5.68. The molecule has 1 aromatic carbocycles. The van der Waals surface area contributed by atoms with Crippen LogP contribution < -0.4 is 20.7 Å². The third-order valence-corrected chi connectivity index (χ3v) is 5.49. The van der Waals surface area contributed by atoms with Crippen molar-refractivity contribution in [1.82, 2.24) is 25.3 Å². The Balaban J connectivity index is 1.31. The smallest absolute Gasteiger partial charge is 0.251 e. The minimum absolute atomic E-state index is 0.121. The maximum atomic E-state index is 12.2. The molecular weight excluding hydrogens is 418 g/mol. The highest BCUT2D eigenvalue weighted by Gasteiger charge is 2.14. The number of pyridine rings is 2. The first kappa shape index (κ1) is 20.6. The molecule has 1 aliphatic rings. The minimum atomic E-state index is -0.121. The summed E-state index contributed by atoms with van der Waals surface area (Å²) >= 11 is 0. The minimum Gasteiger partial charge on any atom is -0.488 e. The molecule has 5 rings (SSSR count). The molecule has 4 aromatic rings. The van der Waals surface area contributed by atoms with Gasteiger partial charge in [0.25, 0.3) is 5.91 Å². The van der Waals surface area contributed by atoms with E-state index < -0.39 is 0 Å². The second-order valence-corrected chi connectivity index (χ2v) is 7.56. The molecule has 9 nitrogen and oxygen atoms in total. The molecule has 4 heterocycles. The number of carbonyl (C=O) groups excluding carboxylic acids is 1. The number of para-hydroxylation sites is 1. The average molecular weight is 441 g/mol. The summed E-state index contributed by atoms with van der Waals surface area (Å²) in [5.74, 6) is 2.08. The first-order chi connectivity index (χ1) is 16.2. The van der Waals surface area contributed by atoms with E-state index in [1.54, 1.807) is 25.5 Å². The van der Waals surface area contributed by atoms with Crippen molar-refractivity contribution in [2.45, 2.75) is 6.42 Å². The summed E-state index contributed by atoms with van der Waals surface area (Å²) in [5.41, 5.74) is 4.14. The first-order valence-electron chi connectivity index (χ1n) is 10.7. The van der Waals surface area contributed by atoms with Gasteiger partial charge >= 0.3 is 0 Å². The van der Waals surface area contributed by atoms with E-state index in [-0.39, 0.29) is 5.91 Å². The number of benzene rings is 1. The Bertz CT molecular complexity index is 1330. The van der Waals surface area contributed by atoms with Crippen molar-refractivity contribution in [3.63, 3.8) is 0 Å². The molecule has 1 amide bonds. The number of carbonyl (C=O) groups is 1. The predicted octanol–water partition coefficient (Wildman–Crippen LogP) is 2.91. The van der Waals surface area contributed by atoms with Gasteiger partial charge < -0.3 is 20.7 Å². The molecule has 3 aromatic heterocycles. The zero-order valence-electron chi connectivity index (χ0n) is 18.1. The van der Waals surface area contributed by atoms with Gasteiger partial charge in [-0.15, -0.1) is 0 Å². The van der Waals surface area contributed by atoms with Gasteiger partial charge in [0.15, 0.2) is 11.6 Å². The Morgan fingerprint density at radius 2 is 2.09 bits per heavy atom. The van der Waals surface area contributed by atoms with E-state index in [2.05, 4.69) is 35.9 Å². The fraction of sp³-hybridized carbons (Fsp3) is 0.208. The lowest BCUT2D eigenvalue weighted by atomic mass is 10.0. The molecule has 0 saturated carbocycles. The molecule has 9 heteroatoms. The van der Waals surface area contributed by atoms with Crippen molar-refractivity contribution in [2.24, 2.45) is 0 Å². The molecule has 0 bridgehead atoms. The Hall–Kier alpha value is -4.27. The molecule has 3 N–H and O–H groups in total. The number of ether oxygens (including phenoxy) is 1. The normalized spacial score (nSPS) is 12.4. The predicted molar refractivity (Wildman–Crippen MR) is 127 cm³/mol. The molecule has 166 valence electrons. The molecule has 0 aliphatic carbocycles. The van der Waals surface area contributed by atoms with Crippen molar-refractivity contribution in [2.75, 3.05) is 37.4 Å². The largest absolute Gasteiger partial charge is 0.488 e. The van der Waals surface area contributed by atoms with Gasteiger partial charge in [-0.05, 0) is 24.1 Å². The molecule has 0 radical (unpaired) electrons. The number of rotatable bonds is 6. The van der Waals surface area contributed by atoms with Crippen molar-refractivity contribution < 1.29 is 9.53 Å². The fourth-order valence-electron chi connectivity index (χ4n) is 3.87. The zero-order valence-corrected chi connectivity index (χ0v) is 18.1. The van der Waals surface area contributed by atoms with E-state index in [0.29, 0.717) is 18.7 Å². The van der Waals surface area contributed by atoms with Crippen LogP contribution in [0.1, 0.15) is 15.9 Å². The average Bonchev–Trinajstić information content (AvgIpc) is 2.88. The summed E-state index contributed by atoms with van der Waals surface area (Å²) in [5, 5.41) is 10.1. The van der Waals surface area contributed by atoms with Crippen LogP contribution in [-0.2, 0) is 6.42 Å². The van der Waals surface area contributed by atoms with Gasteiger partial charge in [0.1, 0.15) is 18.8 Å². The summed E-state index contributed by atoms with van der Waals surface area (Å²) in [6.45, 7) is 2.01. The number of fused-ring (bicyclic) bond motifs is 2. The third-order valence-electron chi connectivity index (χ3n) is 5.49. The Kier molecular flexibility index (Phi) is 5.67. The van der Waals surface area contributed by atoms with Gasteiger partial charge in [-0.25, -0.2) is 15.0 Å². The summed E-state index contributed by atoms with van der Waals surface area (Å²) in [6.07, 6.45) is 5.71. The van der Waals surface area contributed by atoms with Crippen LogP contribution in [0.25, 0.3) is 22.2 Å². The molecule has 0 unspecified atom stereocenters. The van der Waals surface area contributed by atoms with Crippen molar-refractivity contribution in [1.29, 1.82) is 0 Å². The van der Waals surface area contributed by atoms with Crippen LogP contribution in [-0.4, -0.2) is 52.6 Å². The maximum Gasteiger partial charge on any atom is 0.251 e. The van der Waals surface area contributed by atoms with Crippen LogP contribution in [0.15, 0.2) is 55.1 Å². The number of nitrogens with zero attached hydrogens (tertiary/aromatic N) is 4. The number of nitrogens with one attached hydrogen (secondary N) is 3. The van der Waals surface area contributed by atoms with Crippen LogP contribution in [0, 0.1) is 0 Å². The van der Waals surface area contributed by atoms with Gasteiger partial charge in [0.2, 0.25) is 0 Å². The fourth-order valence-corrected chi connectivity index (χ4v) is 3.87. The van der Waals surface area contributed by atoms with Crippen molar-refractivity contribution in [3.8, 4) is 17.0 Å². The van der Waals surface area contributed by atoms with Gasteiger partial charge in [-0.1, -0.05) is 18.2 Å². The van der Waals surface area contributed by atoms with E-state index in [9.17, 15) is 4.79 Å². The summed E-state index contributed by atoms with van der Waals surface area (Å²) in [4.78, 5) is 29.9. The van der Waals surface area contributed by atoms with Crippen LogP contribution in [0.3, 0.4) is 0 Å². The number of hydrogen-bond acceptors (Lipinski definition) is 8. The topological polar surface area (TPSA) is 114 Å². The van der Waals surface area contributed by atoms with Gasteiger partial charge in [-0.2, -0.15) is 0 Å². The van der Waals surface area contributed by atoms with Gasteiger partial charge in [0.05, 0.1) is 23.3 Å². The van der Waals surface area contributed by atoms with E-state index in [1.807, 2.05) is 30.3 Å². The molecule has 0 spiro atoms. The van der Waals surface area contributed by atoms with Gasteiger partial charge in [0, 0.05) is 43.0 Å². The zero-order chi connectivity index (χ0) is 22.6. The molecular formula is C24H23N7O2. The SMILES string of the molecule is CNC(=O)c1ccnc2c(CCNc3cc(-c4cnc5c(c4)OCCN5)ncn3)cccc12. The highest BCUT2D eigenvalue weighted by Crippen LogP contribution is 2.30. The number of hydrogen-bond donors (Lipinski definition) is 3. The molecule has 0 fully saturated rings. The highest BCUT2D eigenvalue weighted by molar-refractivity contribution is 6.06. The summed E-state index contributed by atoms with van der Waals surface area (Å²) in [7, 11) is 1.63. The van der Waals surface area contributed by atoms with Crippen molar-refractivity contribution >= 4 is 28.4 Å². The van der Waals surface area contributed by atoms with Crippen LogP contribution >= 0.6 is 0 Å². The maximum absolute atomic E-state index is 12.2. The number of amides is 1. The number of aromatic nitrogens is 4. The van der Waals surface area contributed by atoms with E-state index >= 15 is 0 Å². The lowest BCUT2D eigenvalue weighted by Crippen LogP contribution is -2.19. The second kappa shape index (κ2) is 9.07. The number of anilines is 2. The lowest BCUT2D eigenvalue weighted by molar-refractivity contribution is 0.0964. The van der Waals surface area contributed by atoms with Crippen LogP contribution in [0.4, 0.5) is 11.6 Å². The molecule has 1 aliphatic heterocycles. The lowest BCUT2D eigenvalue weighted by Gasteiger charge is -2.18. The molecule has 33 heavy (non-hydrogen) atoms. The Labute approximate surface area is 190 Å². The van der Waals surface area contributed by atoms with Crippen LogP contribution in [0.5, 0.6) is 5.75 Å². The molecule has 0 saturated heterocycles. The van der Waals surface area contributed by atoms with E-state index in [0.717, 1.165) is 58.1 Å². The molecule has 0 atom stereocenters. The second-order valence-electron chi connectivity index (χ2n) is 7.56. The highest BCUT2D eigenvalue weighted by atomic mass is 16.5. The summed E-state index contributed by atoms with van der Waals surface area (Å²) in [6, 6.07) is 11.5. The van der Waals surface area contributed by atoms with E-state index in [1.165, 1.54) is 6.33 Å². The Morgan fingerprint density at radius 1 is 1.15 bits per heavy atom. The monoisotopic (exact) mass is 441 g/mol. The van der Waals surface area contributed by atoms with Gasteiger partial charge in [-0.3, -0.25) is 9.78 Å². The van der Waals surface area contributed by atoms with E-state index in [4.69, 9.17) is 4.74 Å². The third kappa shape index (κ3) is 4.25. The Morgan fingerprint density at radius 3 is 3.00 bits per heavy atom.